The quantitative estimate of drug-likeness (QED) is 0.890. The second kappa shape index (κ2) is 6.58. The zero-order valence-corrected chi connectivity index (χ0v) is 12.4. The summed E-state index contributed by atoms with van der Waals surface area (Å²) in [5.74, 6) is 0.864. The maximum absolute atomic E-state index is 10.3. The molecule has 2 nitrogen and oxygen atoms in total. The van der Waals surface area contributed by atoms with Gasteiger partial charge in [0.1, 0.15) is 5.75 Å². The van der Waals surface area contributed by atoms with Crippen molar-refractivity contribution in [3.05, 3.63) is 64.7 Å². The summed E-state index contributed by atoms with van der Waals surface area (Å²) in [5.41, 5.74) is 4.71. The first kappa shape index (κ1) is 14.6. The smallest absolute Gasteiger partial charge is 0.118 e. The molecule has 2 heteroatoms. The predicted octanol–water partition coefficient (Wildman–Crippen LogP) is 3.98. The number of aliphatic hydroxyl groups is 1. The number of aliphatic hydroxyl groups excluding tert-OH is 1. The number of aryl methyl sites for hydroxylation is 3. The predicted molar refractivity (Wildman–Crippen MR) is 82.2 cm³/mol. The van der Waals surface area contributed by atoms with Crippen molar-refractivity contribution in [3.63, 3.8) is 0 Å². The topological polar surface area (TPSA) is 29.5 Å². The Morgan fingerprint density at radius 1 is 1.00 bits per heavy atom. The zero-order valence-electron chi connectivity index (χ0n) is 12.4. The van der Waals surface area contributed by atoms with E-state index in [0.29, 0.717) is 0 Å². The highest BCUT2D eigenvalue weighted by Gasteiger charge is 2.08. The van der Waals surface area contributed by atoms with Gasteiger partial charge in [-0.1, -0.05) is 30.3 Å². The number of hydrogen-bond acceptors (Lipinski definition) is 2. The molecule has 2 aromatic carbocycles. The highest BCUT2D eigenvalue weighted by atomic mass is 16.5. The molecular formula is C18H22O2. The van der Waals surface area contributed by atoms with Gasteiger partial charge in [-0.05, 0) is 61.1 Å². The van der Waals surface area contributed by atoms with Crippen LogP contribution in [0.2, 0.25) is 0 Å². The molecule has 2 aromatic rings. The van der Waals surface area contributed by atoms with E-state index in [1.807, 2.05) is 30.3 Å². The molecule has 0 heterocycles. The van der Waals surface area contributed by atoms with E-state index in [9.17, 15) is 5.11 Å². The van der Waals surface area contributed by atoms with E-state index in [1.54, 1.807) is 7.11 Å². The van der Waals surface area contributed by atoms with E-state index in [-0.39, 0.29) is 0 Å². The van der Waals surface area contributed by atoms with Gasteiger partial charge < -0.3 is 9.84 Å². The normalized spacial score (nSPS) is 12.2. The van der Waals surface area contributed by atoms with Crippen molar-refractivity contribution in [2.24, 2.45) is 0 Å². The summed E-state index contributed by atoms with van der Waals surface area (Å²) in [7, 11) is 1.67. The Morgan fingerprint density at radius 2 is 1.70 bits per heavy atom. The van der Waals surface area contributed by atoms with Crippen molar-refractivity contribution in [3.8, 4) is 5.75 Å². The van der Waals surface area contributed by atoms with Crippen LogP contribution >= 0.6 is 0 Å². The van der Waals surface area contributed by atoms with Gasteiger partial charge in [0.25, 0.3) is 0 Å². The summed E-state index contributed by atoms with van der Waals surface area (Å²) in [6.07, 6.45) is 1.18. The van der Waals surface area contributed by atoms with Crippen LogP contribution in [0.4, 0.5) is 0 Å². The summed E-state index contributed by atoms with van der Waals surface area (Å²) in [5, 5.41) is 10.3. The van der Waals surface area contributed by atoms with Gasteiger partial charge in [0.15, 0.2) is 0 Å². The van der Waals surface area contributed by atoms with E-state index in [2.05, 4.69) is 26.0 Å². The molecule has 0 saturated heterocycles. The Hall–Kier alpha value is -1.80. The molecular weight excluding hydrogens is 248 g/mol. The number of rotatable bonds is 5. The third-order valence-electron chi connectivity index (χ3n) is 3.78. The van der Waals surface area contributed by atoms with E-state index in [4.69, 9.17) is 4.74 Å². The number of benzene rings is 2. The third-order valence-corrected chi connectivity index (χ3v) is 3.78. The molecule has 0 bridgehead atoms. The monoisotopic (exact) mass is 270 g/mol. The molecule has 0 aliphatic heterocycles. The molecule has 0 aliphatic carbocycles. The highest BCUT2D eigenvalue weighted by molar-refractivity contribution is 5.31. The fourth-order valence-electron chi connectivity index (χ4n) is 2.23. The second-order valence-corrected chi connectivity index (χ2v) is 5.25. The number of ether oxygens (including phenoxy) is 1. The molecule has 0 saturated carbocycles. The van der Waals surface area contributed by atoms with Crippen LogP contribution in [0.15, 0.2) is 42.5 Å². The first-order chi connectivity index (χ1) is 9.60. The molecule has 0 spiro atoms. The van der Waals surface area contributed by atoms with Crippen molar-refractivity contribution < 1.29 is 9.84 Å². The van der Waals surface area contributed by atoms with Crippen LogP contribution in [-0.2, 0) is 6.42 Å². The van der Waals surface area contributed by atoms with Crippen molar-refractivity contribution in [1.29, 1.82) is 0 Å². The summed E-state index contributed by atoms with van der Waals surface area (Å²) in [4.78, 5) is 0. The molecule has 0 radical (unpaired) electrons. The van der Waals surface area contributed by atoms with Gasteiger partial charge in [0.2, 0.25) is 0 Å². The molecule has 0 aromatic heterocycles. The lowest BCUT2D eigenvalue weighted by molar-refractivity contribution is 0.168. The fourth-order valence-corrected chi connectivity index (χ4v) is 2.23. The Bertz CT molecular complexity index is 558. The molecule has 1 atom stereocenters. The molecule has 2 rings (SSSR count). The van der Waals surface area contributed by atoms with Crippen LogP contribution < -0.4 is 4.74 Å². The van der Waals surface area contributed by atoms with Crippen LogP contribution in [0.5, 0.6) is 5.75 Å². The SMILES string of the molecule is COc1ccc(CCC(O)c2ccc(C)c(C)c2)cc1. The standard InChI is InChI=1S/C18H22O2/c1-13-4-8-16(12-14(13)2)18(19)11-7-15-5-9-17(20-3)10-6-15/h4-6,8-10,12,18-19H,7,11H2,1-3H3. The lowest BCUT2D eigenvalue weighted by Crippen LogP contribution is -2.00. The van der Waals surface area contributed by atoms with Crippen LogP contribution in [0.1, 0.15) is 34.8 Å². The van der Waals surface area contributed by atoms with E-state index in [0.717, 1.165) is 24.2 Å². The minimum Gasteiger partial charge on any atom is -0.497 e. The molecule has 1 unspecified atom stereocenters. The summed E-state index contributed by atoms with van der Waals surface area (Å²) in [6.45, 7) is 4.16. The van der Waals surface area contributed by atoms with Crippen LogP contribution in [0.25, 0.3) is 0 Å². The fraction of sp³-hybridized carbons (Fsp3) is 0.333. The van der Waals surface area contributed by atoms with Crippen molar-refractivity contribution in [1.82, 2.24) is 0 Å². The zero-order chi connectivity index (χ0) is 14.5. The summed E-state index contributed by atoms with van der Waals surface area (Å²) < 4.78 is 5.14. The average molecular weight is 270 g/mol. The summed E-state index contributed by atoms with van der Waals surface area (Å²) in [6, 6.07) is 14.2. The van der Waals surface area contributed by atoms with Crippen LogP contribution in [0.3, 0.4) is 0 Å². The van der Waals surface area contributed by atoms with Crippen LogP contribution in [-0.4, -0.2) is 12.2 Å². The largest absolute Gasteiger partial charge is 0.497 e. The molecule has 106 valence electrons. The first-order valence-corrected chi connectivity index (χ1v) is 6.98. The Labute approximate surface area is 121 Å². The maximum atomic E-state index is 10.3. The Kier molecular flexibility index (Phi) is 4.80. The lowest BCUT2D eigenvalue weighted by atomic mass is 9.98. The molecule has 20 heavy (non-hydrogen) atoms. The first-order valence-electron chi connectivity index (χ1n) is 6.98. The molecule has 1 N–H and O–H groups in total. The van der Waals surface area contributed by atoms with Crippen LogP contribution in [0, 0.1) is 13.8 Å². The number of hydrogen-bond donors (Lipinski definition) is 1. The van der Waals surface area contributed by atoms with E-state index >= 15 is 0 Å². The van der Waals surface area contributed by atoms with Gasteiger partial charge in [-0.3, -0.25) is 0 Å². The van der Waals surface area contributed by atoms with Gasteiger partial charge in [-0.15, -0.1) is 0 Å². The minimum absolute atomic E-state index is 0.406. The summed E-state index contributed by atoms with van der Waals surface area (Å²) >= 11 is 0. The number of methoxy groups -OCH3 is 1. The Balaban J connectivity index is 1.96. The van der Waals surface area contributed by atoms with E-state index < -0.39 is 6.10 Å². The molecule has 0 aliphatic rings. The third kappa shape index (κ3) is 3.61. The average Bonchev–Trinajstić information content (AvgIpc) is 2.48. The highest BCUT2D eigenvalue weighted by Crippen LogP contribution is 2.22. The van der Waals surface area contributed by atoms with Crippen molar-refractivity contribution in [2.75, 3.05) is 7.11 Å². The minimum atomic E-state index is -0.406. The van der Waals surface area contributed by atoms with Crippen molar-refractivity contribution in [2.45, 2.75) is 32.8 Å². The molecule has 0 fully saturated rings. The maximum Gasteiger partial charge on any atom is 0.118 e. The van der Waals surface area contributed by atoms with Gasteiger partial charge in [-0.2, -0.15) is 0 Å². The van der Waals surface area contributed by atoms with Gasteiger partial charge in [-0.25, -0.2) is 0 Å². The van der Waals surface area contributed by atoms with Crippen molar-refractivity contribution >= 4 is 0 Å². The van der Waals surface area contributed by atoms with Gasteiger partial charge in [0.05, 0.1) is 13.2 Å². The Morgan fingerprint density at radius 3 is 2.30 bits per heavy atom. The van der Waals surface area contributed by atoms with Gasteiger partial charge >= 0.3 is 0 Å². The second-order valence-electron chi connectivity index (χ2n) is 5.25. The lowest BCUT2D eigenvalue weighted by Gasteiger charge is -2.13. The van der Waals surface area contributed by atoms with E-state index in [1.165, 1.54) is 16.7 Å². The molecule has 0 amide bonds. The van der Waals surface area contributed by atoms with Gasteiger partial charge in [0, 0.05) is 0 Å².